The van der Waals surface area contributed by atoms with Gasteiger partial charge in [-0.1, -0.05) is 63.6 Å². The van der Waals surface area contributed by atoms with E-state index in [0.29, 0.717) is 6.42 Å². The minimum atomic E-state index is -0.455. The van der Waals surface area contributed by atoms with Crippen molar-refractivity contribution in [2.24, 2.45) is 0 Å². The van der Waals surface area contributed by atoms with Crippen LogP contribution in [0.3, 0.4) is 0 Å². The summed E-state index contributed by atoms with van der Waals surface area (Å²) in [7, 11) is 0. The highest BCUT2D eigenvalue weighted by Crippen LogP contribution is 2.11. The van der Waals surface area contributed by atoms with Gasteiger partial charge < -0.3 is 10.6 Å². The maximum atomic E-state index is 12.3. The molecule has 0 aliphatic rings. The quantitative estimate of drug-likeness (QED) is 0.644. The molecule has 4 nitrogen and oxygen atoms in total. The third kappa shape index (κ3) is 7.81. The van der Waals surface area contributed by atoms with Crippen LogP contribution in [-0.4, -0.2) is 17.9 Å². The van der Waals surface area contributed by atoms with Gasteiger partial charge in [0.15, 0.2) is 0 Å². The summed E-state index contributed by atoms with van der Waals surface area (Å²) in [6.07, 6.45) is 7.69. The minimum Gasteiger partial charge on any atom is -0.345 e. The van der Waals surface area contributed by atoms with Crippen molar-refractivity contribution < 1.29 is 9.59 Å². The fourth-order valence-corrected chi connectivity index (χ4v) is 2.39. The normalized spacial score (nSPS) is 11.7. The van der Waals surface area contributed by atoms with Gasteiger partial charge in [0.05, 0.1) is 0 Å². The SMILES string of the molecule is CCCCCCCC[C@H](NC(C)=O)C(=O)Nc1ccccc1. The molecule has 4 heteroatoms. The van der Waals surface area contributed by atoms with Crippen molar-refractivity contribution in [3.8, 4) is 0 Å². The Morgan fingerprint density at radius 1 is 1.00 bits per heavy atom. The number of unbranched alkanes of at least 4 members (excludes halogenated alkanes) is 5. The summed E-state index contributed by atoms with van der Waals surface area (Å²) in [5.41, 5.74) is 0.755. The number of benzene rings is 1. The molecule has 2 N–H and O–H groups in total. The first-order valence-corrected chi connectivity index (χ1v) is 8.26. The summed E-state index contributed by atoms with van der Waals surface area (Å²) in [4.78, 5) is 23.6. The topological polar surface area (TPSA) is 58.2 Å². The van der Waals surface area contributed by atoms with E-state index in [0.717, 1.165) is 18.5 Å². The van der Waals surface area contributed by atoms with E-state index in [2.05, 4.69) is 17.6 Å². The highest BCUT2D eigenvalue weighted by atomic mass is 16.2. The van der Waals surface area contributed by atoms with Crippen LogP contribution in [0.25, 0.3) is 0 Å². The van der Waals surface area contributed by atoms with Crippen molar-refractivity contribution in [3.63, 3.8) is 0 Å². The molecule has 0 saturated heterocycles. The van der Waals surface area contributed by atoms with Gasteiger partial charge in [-0.3, -0.25) is 9.59 Å². The van der Waals surface area contributed by atoms with Crippen LogP contribution in [0.15, 0.2) is 30.3 Å². The molecule has 0 radical (unpaired) electrons. The molecule has 0 aromatic heterocycles. The van der Waals surface area contributed by atoms with E-state index in [1.54, 1.807) is 0 Å². The minimum absolute atomic E-state index is 0.144. The number of nitrogens with one attached hydrogen (secondary N) is 2. The van der Waals surface area contributed by atoms with Crippen molar-refractivity contribution in [1.29, 1.82) is 0 Å². The van der Waals surface area contributed by atoms with Crippen LogP contribution < -0.4 is 10.6 Å². The Morgan fingerprint density at radius 2 is 1.64 bits per heavy atom. The molecule has 1 rings (SSSR count). The third-order valence-corrected chi connectivity index (χ3v) is 3.58. The molecular formula is C18H28N2O2. The van der Waals surface area contributed by atoms with Crippen LogP contribution in [0.4, 0.5) is 5.69 Å². The Morgan fingerprint density at radius 3 is 2.27 bits per heavy atom. The van der Waals surface area contributed by atoms with Gasteiger partial charge in [0, 0.05) is 12.6 Å². The molecule has 1 atom stereocenters. The molecule has 0 unspecified atom stereocenters. The zero-order chi connectivity index (χ0) is 16.2. The number of amides is 2. The van der Waals surface area contributed by atoms with Crippen molar-refractivity contribution >= 4 is 17.5 Å². The van der Waals surface area contributed by atoms with Gasteiger partial charge in [-0.05, 0) is 18.6 Å². The monoisotopic (exact) mass is 304 g/mol. The second-order valence-electron chi connectivity index (χ2n) is 5.66. The van der Waals surface area contributed by atoms with Crippen LogP contribution in [-0.2, 0) is 9.59 Å². The molecule has 0 saturated carbocycles. The first-order chi connectivity index (χ1) is 10.6. The summed E-state index contributed by atoms with van der Waals surface area (Å²) < 4.78 is 0. The molecule has 1 aromatic rings. The van der Waals surface area contributed by atoms with Crippen LogP contribution in [0.1, 0.15) is 58.8 Å². The Labute approximate surface area is 133 Å². The summed E-state index contributed by atoms with van der Waals surface area (Å²) in [6, 6.07) is 8.87. The van der Waals surface area contributed by atoms with Crippen LogP contribution in [0.5, 0.6) is 0 Å². The summed E-state index contributed by atoms with van der Waals surface area (Å²) in [6.45, 7) is 3.64. The van der Waals surface area contributed by atoms with Gasteiger partial charge in [0.25, 0.3) is 0 Å². The summed E-state index contributed by atoms with van der Waals surface area (Å²) >= 11 is 0. The highest BCUT2D eigenvalue weighted by Gasteiger charge is 2.18. The lowest BCUT2D eigenvalue weighted by Crippen LogP contribution is -2.42. The molecule has 2 amide bonds. The highest BCUT2D eigenvalue weighted by molar-refractivity contribution is 5.96. The number of para-hydroxylation sites is 1. The summed E-state index contributed by atoms with van der Waals surface area (Å²) in [5.74, 6) is -0.311. The number of carbonyl (C=O) groups is 2. The Balaban J connectivity index is 2.42. The van der Waals surface area contributed by atoms with E-state index in [9.17, 15) is 9.59 Å². The molecule has 0 heterocycles. The maximum absolute atomic E-state index is 12.3. The summed E-state index contributed by atoms with van der Waals surface area (Å²) in [5, 5.41) is 5.61. The third-order valence-electron chi connectivity index (χ3n) is 3.58. The first-order valence-electron chi connectivity index (χ1n) is 8.26. The zero-order valence-electron chi connectivity index (χ0n) is 13.7. The van der Waals surface area contributed by atoms with Gasteiger partial charge in [-0.25, -0.2) is 0 Å². The largest absolute Gasteiger partial charge is 0.345 e. The average Bonchev–Trinajstić information content (AvgIpc) is 2.50. The predicted octanol–water partition coefficient (Wildman–Crippen LogP) is 3.88. The fourth-order valence-electron chi connectivity index (χ4n) is 2.39. The van der Waals surface area contributed by atoms with E-state index in [1.165, 1.54) is 32.6 Å². The Bertz CT molecular complexity index is 446. The first kappa shape index (κ1) is 18.2. The predicted molar refractivity (Wildman–Crippen MR) is 90.7 cm³/mol. The molecular weight excluding hydrogens is 276 g/mol. The molecule has 0 aliphatic carbocycles. The van der Waals surface area contributed by atoms with E-state index < -0.39 is 6.04 Å². The van der Waals surface area contributed by atoms with Crippen molar-refractivity contribution in [3.05, 3.63) is 30.3 Å². The number of anilines is 1. The lowest BCUT2D eigenvalue weighted by molar-refractivity contribution is -0.125. The van der Waals surface area contributed by atoms with Gasteiger partial charge in [-0.2, -0.15) is 0 Å². The Kier molecular flexibility index (Phi) is 8.96. The molecule has 22 heavy (non-hydrogen) atoms. The average molecular weight is 304 g/mol. The second-order valence-corrected chi connectivity index (χ2v) is 5.66. The number of hydrogen-bond acceptors (Lipinski definition) is 2. The van der Waals surface area contributed by atoms with E-state index in [1.807, 2.05) is 30.3 Å². The lowest BCUT2D eigenvalue weighted by Gasteiger charge is -2.17. The molecule has 0 bridgehead atoms. The van der Waals surface area contributed by atoms with Gasteiger partial charge in [0.1, 0.15) is 6.04 Å². The van der Waals surface area contributed by atoms with Crippen LogP contribution in [0, 0.1) is 0 Å². The van der Waals surface area contributed by atoms with Crippen molar-refractivity contribution in [1.82, 2.24) is 5.32 Å². The Hall–Kier alpha value is -1.84. The fraction of sp³-hybridized carbons (Fsp3) is 0.556. The zero-order valence-corrected chi connectivity index (χ0v) is 13.7. The van der Waals surface area contributed by atoms with E-state index in [-0.39, 0.29) is 11.8 Å². The van der Waals surface area contributed by atoms with Gasteiger partial charge in [-0.15, -0.1) is 0 Å². The van der Waals surface area contributed by atoms with Gasteiger partial charge in [0.2, 0.25) is 11.8 Å². The lowest BCUT2D eigenvalue weighted by atomic mass is 10.0. The molecule has 122 valence electrons. The van der Waals surface area contributed by atoms with Crippen LogP contribution >= 0.6 is 0 Å². The number of carbonyl (C=O) groups excluding carboxylic acids is 2. The van der Waals surface area contributed by atoms with E-state index >= 15 is 0 Å². The van der Waals surface area contributed by atoms with Crippen molar-refractivity contribution in [2.45, 2.75) is 64.8 Å². The smallest absolute Gasteiger partial charge is 0.246 e. The van der Waals surface area contributed by atoms with E-state index in [4.69, 9.17) is 0 Å². The molecule has 0 aliphatic heterocycles. The number of hydrogen-bond donors (Lipinski definition) is 2. The molecule has 0 spiro atoms. The van der Waals surface area contributed by atoms with Crippen LogP contribution in [0.2, 0.25) is 0 Å². The molecule has 0 fully saturated rings. The van der Waals surface area contributed by atoms with Crippen molar-refractivity contribution in [2.75, 3.05) is 5.32 Å². The number of rotatable bonds is 10. The van der Waals surface area contributed by atoms with Gasteiger partial charge >= 0.3 is 0 Å². The second kappa shape index (κ2) is 10.8. The molecule has 1 aromatic carbocycles. The maximum Gasteiger partial charge on any atom is 0.246 e. The standard InChI is InChI=1S/C18H28N2O2/c1-3-4-5-6-7-11-14-17(19-15(2)21)18(22)20-16-12-9-8-10-13-16/h8-10,12-13,17H,3-7,11,14H2,1-2H3,(H,19,21)(H,20,22)/t17-/m0/s1.